The summed E-state index contributed by atoms with van der Waals surface area (Å²) in [7, 11) is 0. The van der Waals surface area contributed by atoms with Gasteiger partial charge in [-0.25, -0.2) is 4.79 Å². The van der Waals surface area contributed by atoms with Crippen molar-refractivity contribution in [1.29, 1.82) is 0 Å². The average molecular weight is 254 g/mol. The third-order valence-corrected chi connectivity index (χ3v) is 2.87. The summed E-state index contributed by atoms with van der Waals surface area (Å²) in [6, 6.07) is 10.7. The van der Waals surface area contributed by atoms with Gasteiger partial charge in [-0.3, -0.25) is 0 Å². The van der Waals surface area contributed by atoms with Crippen molar-refractivity contribution < 1.29 is 9.90 Å². The molecule has 0 aliphatic heterocycles. The fourth-order valence-electron chi connectivity index (χ4n) is 1.89. The van der Waals surface area contributed by atoms with E-state index < -0.39 is 5.97 Å². The number of aromatic carboxylic acids is 1. The molecule has 3 aromatic rings. The second-order valence-electron chi connectivity index (χ2n) is 4.13. The van der Waals surface area contributed by atoms with Gasteiger partial charge in [-0.05, 0) is 24.6 Å². The number of hydrogen-bond acceptors (Lipinski definition) is 4. The Hall–Kier alpha value is -2.76. The standard InChI is InChI=1S/C13H10N4O2/c1-8-4-2-3-5-9(8)12-15-14-11-7-6-10(13(18)19)16-17(11)12/h2-7H,1H3,(H,18,19). The molecule has 0 atom stereocenters. The molecule has 0 fully saturated rings. The molecule has 0 aliphatic rings. The second kappa shape index (κ2) is 4.16. The predicted molar refractivity (Wildman–Crippen MR) is 67.9 cm³/mol. The lowest BCUT2D eigenvalue weighted by Crippen LogP contribution is -2.05. The summed E-state index contributed by atoms with van der Waals surface area (Å²) in [5.41, 5.74) is 2.38. The van der Waals surface area contributed by atoms with Crippen LogP contribution in [-0.2, 0) is 0 Å². The van der Waals surface area contributed by atoms with Crippen molar-refractivity contribution in [3.05, 3.63) is 47.7 Å². The molecule has 6 heteroatoms. The van der Waals surface area contributed by atoms with E-state index in [0.29, 0.717) is 11.5 Å². The molecule has 2 heterocycles. The summed E-state index contributed by atoms with van der Waals surface area (Å²) >= 11 is 0. The molecule has 0 amide bonds. The number of rotatable bonds is 2. The molecule has 0 unspecified atom stereocenters. The van der Waals surface area contributed by atoms with E-state index in [1.54, 1.807) is 6.07 Å². The van der Waals surface area contributed by atoms with Crippen LogP contribution in [0.3, 0.4) is 0 Å². The Morgan fingerprint density at radius 3 is 2.68 bits per heavy atom. The molecule has 1 N–H and O–H groups in total. The van der Waals surface area contributed by atoms with E-state index in [1.165, 1.54) is 10.6 Å². The van der Waals surface area contributed by atoms with Crippen LogP contribution >= 0.6 is 0 Å². The fraction of sp³-hybridized carbons (Fsp3) is 0.0769. The molecule has 0 spiro atoms. The first-order valence-electron chi connectivity index (χ1n) is 5.68. The Bertz CT molecular complexity index is 779. The molecule has 3 rings (SSSR count). The van der Waals surface area contributed by atoms with Gasteiger partial charge in [-0.15, -0.1) is 10.2 Å². The minimum absolute atomic E-state index is 0.0397. The molecule has 0 radical (unpaired) electrons. The maximum absolute atomic E-state index is 11.0. The van der Waals surface area contributed by atoms with E-state index in [2.05, 4.69) is 15.3 Å². The van der Waals surface area contributed by atoms with Gasteiger partial charge in [0.05, 0.1) is 0 Å². The highest BCUT2D eigenvalue weighted by atomic mass is 16.4. The molecular formula is C13H10N4O2. The lowest BCUT2D eigenvalue weighted by molar-refractivity contribution is 0.0689. The Morgan fingerprint density at radius 1 is 1.16 bits per heavy atom. The zero-order valence-electron chi connectivity index (χ0n) is 10.1. The van der Waals surface area contributed by atoms with E-state index in [1.807, 2.05) is 31.2 Å². The maximum Gasteiger partial charge on any atom is 0.356 e. The molecular weight excluding hydrogens is 244 g/mol. The van der Waals surface area contributed by atoms with Crippen molar-refractivity contribution in [2.75, 3.05) is 0 Å². The number of aryl methyl sites for hydroxylation is 1. The predicted octanol–water partition coefficient (Wildman–Crippen LogP) is 1.80. The zero-order valence-corrected chi connectivity index (χ0v) is 10.1. The smallest absolute Gasteiger partial charge is 0.356 e. The number of carboxylic acids is 1. The molecule has 1 aromatic carbocycles. The minimum atomic E-state index is -1.08. The number of benzene rings is 1. The number of hydrogen-bond donors (Lipinski definition) is 1. The number of fused-ring (bicyclic) bond motifs is 1. The number of nitrogens with zero attached hydrogens (tertiary/aromatic N) is 4. The Balaban J connectivity index is 2.27. The van der Waals surface area contributed by atoms with Crippen LogP contribution in [0.15, 0.2) is 36.4 Å². The summed E-state index contributed by atoms with van der Waals surface area (Å²) in [4.78, 5) is 11.0. The van der Waals surface area contributed by atoms with Gasteiger partial charge in [0.25, 0.3) is 0 Å². The third kappa shape index (κ3) is 1.83. The van der Waals surface area contributed by atoms with Gasteiger partial charge in [0.15, 0.2) is 17.2 Å². The van der Waals surface area contributed by atoms with Crippen LogP contribution in [0.25, 0.3) is 17.0 Å². The Morgan fingerprint density at radius 2 is 1.95 bits per heavy atom. The number of aromatic nitrogens is 4. The SMILES string of the molecule is Cc1ccccc1-c1nnc2ccc(C(=O)O)nn12. The first kappa shape index (κ1) is 11.3. The lowest BCUT2D eigenvalue weighted by atomic mass is 10.1. The number of carboxylic acid groups (broad SMARTS) is 1. The molecule has 0 bridgehead atoms. The topological polar surface area (TPSA) is 80.4 Å². The van der Waals surface area contributed by atoms with Gasteiger partial charge >= 0.3 is 5.97 Å². The summed E-state index contributed by atoms with van der Waals surface area (Å²) < 4.78 is 1.45. The van der Waals surface area contributed by atoms with Crippen LogP contribution in [0.2, 0.25) is 0 Å². The first-order valence-corrected chi connectivity index (χ1v) is 5.68. The van der Waals surface area contributed by atoms with Crippen LogP contribution in [0.5, 0.6) is 0 Å². The van der Waals surface area contributed by atoms with E-state index in [9.17, 15) is 4.79 Å². The Kier molecular flexibility index (Phi) is 2.49. The highest BCUT2D eigenvalue weighted by Gasteiger charge is 2.13. The number of carbonyl (C=O) groups is 1. The molecule has 94 valence electrons. The molecule has 6 nitrogen and oxygen atoms in total. The van der Waals surface area contributed by atoms with Crippen LogP contribution in [0.1, 0.15) is 16.1 Å². The van der Waals surface area contributed by atoms with E-state index in [4.69, 9.17) is 5.11 Å². The van der Waals surface area contributed by atoms with Crippen LogP contribution in [-0.4, -0.2) is 30.9 Å². The largest absolute Gasteiger partial charge is 0.476 e. The van der Waals surface area contributed by atoms with E-state index >= 15 is 0 Å². The fourth-order valence-corrected chi connectivity index (χ4v) is 1.89. The second-order valence-corrected chi connectivity index (χ2v) is 4.13. The molecule has 19 heavy (non-hydrogen) atoms. The van der Waals surface area contributed by atoms with Gasteiger partial charge < -0.3 is 5.11 Å². The summed E-state index contributed by atoms with van der Waals surface area (Å²) in [6.45, 7) is 1.96. The minimum Gasteiger partial charge on any atom is -0.476 e. The Labute approximate surface area is 108 Å². The lowest BCUT2D eigenvalue weighted by Gasteiger charge is -2.03. The van der Waals surface area contributed by atoms with Gasteiger partial charge in [-0.1, -0.05) is 24.3 Å². The molecule has 2 aromatic heterocycles. The normalized spacial score (nSPS) is 10.8. The molecule has 0 aliphatic carbocycles. The van der Waals surface area contributed by atoms with Crippen molar-refractivity contribution in [2.45, 2.75) is 6.92 Å². The monoisotopic (exact) mass is 254 g/mol. The highest BCUT2D eigenvalue weighted by Crippen LogP contribution is 2.21. The van der Waals surface area contributed by atoms with E-state index in [0.717, 1.165) is 11.1 Å². The molecule has 0 saturated heterocycles. The quantitative estimate of drug-likeness (QED) is 0.754. The van der Waals surface area contributed by atoms with Gasteiger partial charge in [0.2, 0.25) is 0 Å². The van der Waals surface area contributed by atoms with Crippen molar-refractivity contribution in [2.24, 2.45) is 0 Å². The van der Waals surface area contributed by atoms with Crippen molar-refractivity contribution >= 4 is 11.6 Å². The zero-order chi connectivity index (χ0) is 13.4. The average Bonchev–Trinajstić information content (AvgIpc) is 2.82. The van der Waals surface area contributed by atoms with Crippen molar-refractivity contribution in [1.82, 2.24) is 19.8 Å². The van der Waals surface area contributed by atoms with Gasteiger partial charge in [0.1, 0.15) is 0 Å². The maximum atomic E-state index is 11.0. The summed E-state index contributed by atoms with van der Waals surface area (Å²) in [5, 5.41) is 21.1. The van der Waals surface area contributed by atoms with Gasteiger partial charge in [-0.2, -0.15) is 9.61 Å². The first-order chi connectivity index (χ1) is 9.16. The third-order valence-electron chi connectivity index (χ3n) is 2.87. The van der Waals surface area contributed by atoms with Crippen LogP contribution in [0.4, 0.5) is 0 Å². The highest BCUT2D eigenvalue weighted by molar-refractivity contribution is 5.85. The summed E-state index contributed by atoms with van der Waals surface area (Å²) in [5.74, 6) is -0.539. The van der Waals surface area contributed by atoms with Crippen LogP contribution in [0, 0.1) is 6.92 Å². The van der Waals surface area contributed by atoms with Crippen molar-refractivity contribution in [3.63, 3.8) is 0 Å². The van der Waals surface area contributed by atoms with E-state index in [-0.39, 0.29) is 5.69 Å². The summed E-state index contributed by atoms with van der Waals surface area (Å²) in [6.07, 6.45) is 0. The van der Waals surface area contributed by atoms with Crippen LogP contribution < -0.4 is 0 Å². The molecule has 0 saturated carbocycles. The van der Waals surface area contributed by atoms with Crippen molar-refractivity contribution in [3.8, 4) is 11.4 Å². The van der Waals surface area contributed by atoms with Gasteiger partial charge in [0, 0.05) is 5.56 Å².